The van der Waals surface area contributed by atoms with E-state index in [1.807, 2.05) is 48.5 Å². The van der Waals surface area contributed by atoms with Crippen molar-refractivity contribution >= 4 is 5.84 Å². The first kappa shape index (κ1) is 16.2. The lowest BCUT2D eigenvalue weighted by atomic mass is 9.91. The fraction of sp³-hybridized carbons (Fsp3) is 0.381. The van der Waals surface area contributed by atoms with E-state index in [1.165, 1.54) is 0 Å². The summed E-state index contributed by atoms with van der Waals surface area (Å²) in [7, 11) is 1.94. The van der Waals surface area contributed by atoms with Crippen molar-refractivity contribution in [2.75, 3.05) is 7.05 Å². The van der Waals surface area contributed by atoms with Crippen molar-refractivity contribution in [2.24, 2.45) is 10.4 Å². The Labute approximate surface area is 149 Å². The average molecular weight is 336 g/mol. The second-order valence-electron chi connectivity index (χ2n) is 8.02. The van der Waals surface area contributed by atoms with Gasteiger partial charge in [0.2, 0.25) is 5.72 Å². The lowest BCUT2D eigenvalue weighted by Crippen LogP contribution is -2.31. The standard InChI is InChI=1S/C21H24N2O2/c1-20(2,3)14-19-22-21(25-23(19)4)13-15-9-5-7-11-17(15)24-18-12-8-6-10-16(18)21/h5-12H,13-14H2,1-4H3. The topological polar surface area (TPSA) is 34.1 Å². The highest BCUT2D eigenvalue weighted by molar-refractivity contribution is 5.83. The van der Waals surface area contributed by atoms with Gasteiger partial charge in [-0.1, -0.05) is 57.2 Å². The van der Waals surface area contributed by atoms with E-state index in [4.69, 9.17) is 14.6 Å². The van der Waals surface area contributed by atoms with Crippen molar-refractivity contribution in [2.45, 2.75) is 39.3 Å². The number of hydroxylamine groups is 2. The lowest BCUT2D eigenvalue weighted by molar-refractivity contribution is -0.172. The number of hydrogen-bond donors (Lipinski definition) is 0. The number of amidine groups is 1. The van der Waals surface area contributed by atoms with Gasteiger partial charge >= 0.3 is 0 Å². The van der Waals surface area contributed by atoms with Gasteiger partial charge in [0.05, 0.1) is 5.56 Å². The normalized spacial score (nSPS) is 22.1. The molecule has 25 heavy (non-hydrogen) atoms. The van der Waals surface area contributed by atoms with Crippen LogP contribution in [0, 0.1) is 5.41 Å². The second kappa shape index (κ2) is 5.60. The van der Waals surface area contributed by atoms with Gasteiger partial charge in [-0.3, -0.25) is 0 Å². The van der Waals surface area contributed by atoms with Crippen molar-refractivity contribution in [1.29, 1.82) is 0 Å². The van der Waals surface area contributed by atoms with E-state index in [0.29, 0.717) is 6.42 Å². The first-order valence-corrected chi connectivity index (χ1v) is 8.73. The Kier molecular flexibility index (Phi) is 3.62. The number of rotatable bonds is 1. The first-order chi connectivity index (χ1) is 11.9. The monoisotopic (exact) mass is 336 g/mol. The molecule has 0 fully saturated rings. The summed E-state index contributed by atoms with van der Waals surface area (Å²) in [5.41, 5.74) is 1.45. The fourth-order valence-corrected chi connectivity index (χ4v) is 3.48. The van der Waals surface area contributed by atoms with E-state index in [-0.39, 0.29) is 5.41 Å². The van der Waals surface area contributed by atoms with Crippen LogP contribution < -0.4 is 4.74 Å². The molecule has 0 N–H and O–H groups in total. The zero-order valence-electron chi connectivity index (χ0n) is 15.2. The molecule has 0 radical (unpaired) electrons. The third-order valence-electron chi connectivity index (χ3n) is 4.58. The molecular formula is C21H24N2O2. The number of hydrogen-bond acceptors (Lipinski definition) is 4. The van der Waals surface area contributed by atoms with Gasteiger partial charge in [0.25, 0.3) is 0 Å². The van der Waals surface area contributed by atoms with Crippen LogP contribution in [0.4, 0.5) is 0 Å². The number of para-hydroxylation sites is 2. The molecule has 2 aromatic carbocycles. The minimum atomic E-state index is -0.765. The zero-order valence-corrected chi connectivity index (χ0v) is 15.2. The van der Waals surface area contributed by atoms with Gasteiger partial charge in [-0.2, -0.15) is 0 Å². The van der Waals surface area contributed by atoms with Gasteiger partial charge in [0, 0.05) is 25.5 Å². The summed E-state index contributed by atoms with van der Waals surface area (Å²) in [6.07, 6.45) is 1.51. The first-order valence-electron chi connectivity index (χ1n) is 8.73. The van der Waals surface area contributed by atoms with Crippen LogP contribution in [0.1, 0.15) is 38.3 Å². The third-order valence-corrected chi connectivity index (χ3v) is 4.58. The summed E-state index contributed by atoms with van der Waals surface area (Å²) >= 11 is 0. The van der Waals surface area contributed by atoms with Crippen LogP contribution in [0.25, 0.3) is 0 Å². The van der Waals surface area contributed by atoms with Crippen LogP contribution >= 0.6 is 0 Å². The summed E-state index contributed by atoms with van der Waals surface area (Å²) in [4.78, 5) is 11.4. The molecule has 2 aliphatic heterocycles. The van der Waals surface area contributed by atoms with Crippen LogP contribution in [-0.2, 0) is 17.0 Å². The maximum absolute atomic E-state index is 6.36. The Morgan fingerprint density at radius 2 is 1.72 bits per heavy atom. The van der Waals surface area contributed by atoms with Crippen LogP contribution in [0.5, 0.6) is 11.5 Å². The second-order valence-corrected chi connectivity index (χ2v) is 8.02. The Bertz CT molecular complexity index is 838. The molecule has 0 saturated heterocycles. The Hall–Kier alpha value is -2.33. The van der Waals surface area contributed by atoms with E-state index in [9.17, 15) is 0 Å². The molecule has 0 saturated carbocycles. The zero-order chi connectivity index (χ0) is 17.7. The molecule has 130 valence electrons. The largest absolute Gasteiger partial charge is 0.457 e. The van der Waals surface area contributed by atoms with Crippen molar-refractivity contribution in [1.82, 2.24) is 5.06 Å². The molecule has 4 nitrogen and oxygen atoms in total. The summed E-state index contributed by atoms with van der Waals surface area (Å²) in [6, 6.07) is 16.2. The Morgan fingerprint density at radius 1 is 1.04 bits per heavy atom. The number of ether oxygens (including phenoxy) is 1. The molecule has 2 aliphatic rings. The maximum atomic E-state index is 6.36. The molecular weight excluding hydrogens is 312 g/mol. The van der Waals surface area contributed by atoms with Crippen LogP contribution in [0.2, 0.25) is 0 Å². The average Bonchev–Trinajstić information content (AvgIpc) is 2.77. The van der Waals surface area contributed by atoms with Crippen molar-refractivity contribution < 1.29 is 9.57 Å². The highest BCUT2D eigenvalue weighted by atomic mass is 16.7. The van der Waals surface area contributed by atoms with Gasteiger partial charge in [0.1, 0.15) is 17.3 Å². The molecule has 4 heteroatoms. The fourth-order valence-electron chi connectivity index (χ4n) is 3.48. The number of fused-ring (bicyclic) bond motifs is 3. The van der Waals surface area contributed by atoms with Crippen molar-refractivity contribution in [3.8, 4) is 11.5 Å². The number of aliphatic imine (C=N–C) groups is 1. The molecule has 0 bridgehead atoms. The number of benzene rings is 2. The van der Waals surface area contributed by atoms with Crippen LogP contribution in [-0.4, -0.2) is 17.9 Å². The molecule has 1 spiro atoms. The Morgan fingerprint density at radius 3 is 2.48 bits per heavy atom. The molecule has 2 aromatic rings. The summed E-state index contributed by atoms with van der Waals surface area (Å²) < 4.78 is 6.19. The minimum Gasteiger partial charge on any atom is -0.457 e. The molecule has 0 aromatic heterocycles. The molecule has 1 unspecified atom stereocenters. The van der Waals surface area contributed by atoms with Gasteiger partial charge in [-0.15, -0.1) is 0 Å². The van der Waals surface area contributed by atoms with E-state index >= 15 is 0 Å². The third kappa shape index (κ3) is 2.91. The highest BCUT2D eigenvalue weighted by Gasteiger charge is 2.46. The van der Waals surface area contributed by atoms with E-state index in [1.54, 1.807) is 0 Å². The number of nitrogens with zero attached hydrogens (tertiary/aromatic N) is 2. The van der Waals surface area contributed by atoms with E-state index in [0.717, 1.165) is 34.9 Å². The van der Waals surface area contributed by atoms with Gasteiger partial charge in [-0.05, 0) is 17.5 Å². The highest BCUT2D eigenvalue weighted by Crippen LogP contribution is 2.47. The summed E-state index contributed by atoms with van der Waals surface area (Å²) in [5, 5.41) is 1.83. The SMILES string of the molecule is CN1OC2(Cc3ccccc3Oc3ccccc32)N=C1CC(C)(C)C. The molecule has 4 rings (SSSR count). The predicted molar refractivity (Wildman–Crippen MR) is 98.7 cm³/mol. The molecule has 0 amide bonds. The van der Waals surface area contributed by atoms with Gasteiger partial charge < -0.3 is 4.74 Å². The van der Waals surface area contributed by atoms with Gasteiger partial charge in [0.15, 0.2) is 0 Å². The quantitative estimate of drug-likeness (QED) is 0.743. The minimum absolute atomic E-state index is 0.140. The smallest absolute Gasteiger partial charge is 0.220 e. The summed E-state index contributed by atoms with van der Waals surface area (Å²) in [5.74, 6) is 2.65. The summed E-state index contributed by atoms with van der Waals surface area (Å²) in [6.45, 7) is 6.65. The van der Waals surface area contributed by atoms with E-state index in [2.05, 4.69) is 32.9 Å². The molecule has 0 aliphatic carbocycles. The predicted octanol–water partition coefficient (Wildman–Crippen LogP) is 4.90. The van der Waals surface area contributed by atoms with Crippen LogP contribution in [0.15, 0.2) is 53.5 Å². The maximum Gasteiger partial charge on any atom is 0.220 e. The van der Waals surface area contributed by atoms with Gasteiger partial charge in [-0.25, -0.2) is 14.9 Å². The van der Waals surface area contributed by atoms with Crippen molar-refractivity contribution in [3.63, 3.8) is 0 Å². The van der Waals surface area contributed by atoms with E-state index < -0.39 is 5.72 Å². The van der Waals surface area contributed by atoms with Crippen molar-refractivity contribution in [3.05, 3.63) is 59.7 Å². The van der Waals surface area contributed by atoms with Crippen LogP contribution in [0.3, 0.4) is 0 Å². The molecule has 1 atom stereocenters. The lowest BCUT2D eigenvalue weighted by Gasteiger charge is -2.26. The Balaban J connectivity index is 1.86. The molecule has 2 heterocycles.